The normalized spacial score (nSPS) is 18.4. The number of allylic oxidation sites excluding steroid dienone is 12. The van der Waals surface area contributed by atoms with Gasteiger partial charge >= 0.3 is 0 Å². The Morgan fingerprint density at radius 2 is 1.61 bits per heavy atom. The summed E-state index contributed by atoms with van der Waals surface area (Å²) in [6.07, 6.45) is 20.9. The Kier molecular flexibility index (Phi) is 6.38. The summed E-state index contributed by atoms with van der Waals surface area (Å²) >= 11 is 0. The van der Waals surface area contributed by atoms with E-state index < -0.39 is 0 Å². The zero-order valence-electron chi connectivity index (χ0n) is 25.4. The average molecular weight is 569 g/mol. The van der Waals surface area contributed by atoms with E-state index in [1.54, 1.807) is 0 Å². The lowest BCUT2D eigenvalue weighted by Gasteiger charge is -2.35. The molecular weight excluding hydrogens is 532 g/mol. The fourth-order valence-electron chi connectivity index (χ4n) is 7.50. The molecule has 1 unspecified atom stereocenters. The third kappa shape index (κ3) is 4.02. The Labute approximate surface area is 259 Å². The summed E-state index contributed by atoms with van der Waals surface area (Å²) in [5, 5.41) is 5.09. The molecule has 0 bridgehead atoms. The molecule has 4 aromatic carbocycles. The number of para-hydroxylation sites is 1. The Morgan fingerprint density at radius 1 is 0.818 bits per heavy atom. The number of anilines is 2. The minimum Gasteiger partial charge on any atom is -0.312 e. The molecule has 214 valence electrons. The van der Waals surface area contributed by atoms with Crippen molar-refractivity contribution < 1.29 is 0 Å². The van der Waals surface area contributed by atoms with Gasteiger partial charge in [0.15, 0.2) is 0 Å². The van der Waals surface area contributed by atoms with Gasteiger partial charge in [-0.15, -0.1) is 0 Å². The molecule has 0 spiro atoms. The Hall–Kier alpha value is -5.08. The molecule has 1 atom stereocenters. The van der Waals surface area contributed by atoms with Crippen molar-refractivity contribution in [1.29, 1.82) is 0 Å². The highest BCUT2D eigenvalue weighted by atomic mass is 15.2. The van der Waals surface area contributed by atoms with Crippen LogP contribution in [0.15, 0.2) is 156 Å². The second kappa shape index (κ2) is 10.6. The lowest BCUT2D eigenvalue weighted by atomic mass is 9.87. The van der Waals surface area contributed by atoms with Gasteiger partial charge in [-0.05, 0) is 72.2 Å². The summed E-state index contributed by atoms with van der Waals surface area (Å²) in [5.74, 6) is 0.372. The number of nitrogens with zero attached hydrogens (tertiary/aromatic N) is 2. The van der Waals surface area contributed by atoms with Gasteiger partial charge < -0.3 is 9.47 Å². The molecule has 0 fully saturated rings. The van der Waals surface area contributed by atoms with Crippen LogP contribution in [-0.4, -0.2) is 4.57 Å². The van der Waals surface area contributed by atoms with Crippen molar-refractivity contribution in [3.05, 3.63) is 162 Å². The number of hydrogen-bond donors (Lipinski definition) is 0. The monoisotopic (exact) mass is 568 g/mol. The van der Waals surface area contributed by atoms with E-state index in [1.807, 2.05) is 6.08 Å². The first-order valence-corrected chi connectivity index (χ1v) is 15.8. The summed E-state index contributed by atoms with van der Waals surface area (Å²) in [6, 6.07) is 29.3. The quantitative estimate of drug-likeness (QED) is 0.209. The Morgan fingerprint density at radius 3 is 2.48 bits per heavy atom. The molecule has 0 N–H and O–H groups in total. The molecule has 44 heavy (non-hydrogen) atoms. The van der Waals surface area contributed by atoms with E-state index in [2.05, 4.69) is 151 Å². The first-order chi connectivity index (χ1) is 21.7. The van der Waals surface area contributed by atoms with Crippen LogP contribution in [0.25, 0.3) is 38.3 Å². The number of aromatic nitrogens is 1. The molecule has 0 amide bonds. The van der Waals surface area contributed by atoms with Crippen LogP contribution in [-0.2, 0) is 6.42 Å². The standard InChI is InChI=1S/C42H36N2/c1-4-14-34-29(5-2)24-23-28(3)42(34)44-39-21-12-11-19-35(39)36-27-40-32(26-41(36)44)25-31-16-7-6-8-20-37(31)43(40)38-22-13-17-30-15-9-10-18-33(30)38/h4-5,7-22,24,26-28H,2,6,23,25H2,1,3H3/b14-4-. The van der Waals surface area contributed by atoms with E-state index in [0.29, 0.717) is 5.92 Å². The average Bonchev–Trinajstić information content (AvgIpc) is 3.17. The number of benzene rings is 4. The molecule has 0 saturated carbocycles. The molecule has 1 aliphatic heterocycles. The molecular formula is C42H36N2. The zero-order valence-corrected chi connectivity index (χ0v) is 25.4. The lowest BCUT2D eigenvalue weighted by molar-refractivity contribution is 0.716. The van der Waals surface area contributed by atoms with Crippen LogP contribution in [0.3, 0.4) is 0 Å². The van der Waals surface area contributed by atoms with Crippen LogP contribution in [0.4, 0.5) is 11.4 Å². The maximum absolute atomic E-state index is 4.18. The van der Waals surface area contributed by atoms with Crippen LogP contribution in [0.5, 0.6) is 0 Å². The highest BCUT2D eigenvalue weighted by Gasteiger charge is 2.29. The maximum Gasteiger partial charge on any atom is 0.0542 e. The fourth-order valence-corrected chi connectivity index (χ4v) is 7.50. The SMILES string of the molecule is C=CC1=CCC(C)C(n2c3ccccc3c3cc4c(cc32)CC2=C(C=CCC=C2)N4c2cccc3ccccc23)=C1/C=C\C. The first-order valence-electron chi connectivity index (χ1n) is 15.8. The van der Waals surface area contributed by atoms with E-state index >= 15 is 0 Å². The number of fused-ring (bicyclic) bond motifs is 5. The predicted molar refractivity (Wildman–Crippen MR) is 189 cm³/mol. The predicted octanol–water partition coefficient (Wildman–Crippen LogP) is 11.4. The van der Waals surface area contributed by atoms with E-state index in [0.717, 1.165) is 19.3 Å². The third-order valence-corrected chi connectivity index (χ3v) is 9.48. The van der Waals surface area contributed by atoms with Gasteiger partial charge in [-0.25, -0.2) is 0 Å². The molecule has 1 aromatic heterocycles. The van der Waals surface area contributed by atoms with Gasteiger partial charge in [0.05, 0.1) is 22.4 Å². The summed E-state index contributed by atoms with van der Waals surface area (Å²) in [4.78, 5) is 2.51. The molecule has 8 rings (SSSR count). The summed E-state index contributed by atoms with van der Waals surface area (Å²) in [7, 11) is 0. The molecule has 5 aromatic rings. The largest absolute Gasteiger partial charge is 0.312 e. The fraction of sp³-hybridized carbons (Fsp3) is 0.143. The summed E-state index contributed by atoms with van der Waals surface area (Å²) in [5.41, 5.74) is 12.8. The van der Waals surface area contributed by atoms with Gasteiger partial charge in [0.1, 0.15) is 0 Å². The van der Waals surface area contributed by atoms with Gasteiger partial charge in [0.25, 0.3) is 0 Å². The topological polar surface area (TPSA) is 8.17 Å². The van der Waals surface area contributed by atoms with Crippen LogP contribution in [0.1, 0.15) is 32.3 Å². The van der Waals surface area contributed by atoms with Crippen LogP contribution >= 0.6 is 0 Å². The van der Waals surface area contributed by atoms with Gasteiger partial charge in [0, 0.05) is 45.5 Å². The second-order valence-electron chi connectivity index (χ2n) is 12.1. The van der Waals surface area contributed by atoms with Gasteiger partial charge in [-0.1, -0.05) is 111 Å². The van der Waals surface area contributed by atoms with Gasteiger partial charge in [-0.2, -0.15) is 0 Å². The van der Waals surface area contributed by atoms with Crippen LogP contribution in [0, 0.1) is 5.92 Å². The maximum atomic E-state index is 4.18. The Bertz CT molecular complexity index is 2180. The minimum absolute atomic E-state index is 0.372. The van der Waals surface area contributed by atoms with E-state index in [4.69, 9.17) is 0 Å². The first kappa shape index (κ1) is 26.5. The molecule has 2 heteroatoms. The third-order valence-electron chi connectivity index (χ3n) is 9.48. The molecule has 0 saturated heterocycles. The van der Waals surface area contributed by atoms with Crippen LogP contribution < -0.4 is 4.90 Å². The van der Waals surface area contributed by atoms with E-state index in [1.165, 1.54) is 77.6 Å². The van der Waals surface area contributed by atoms with Crippen LogP contribution in [0.2, 0.25) is 0 Å². The van der Waals surface area contributed by atoms with Crippen molar-refractivity contribution in [3.8, 4) is 0 Å². The van der Waals surface area contributed by atoms with Crippen molar-refractivity contribution in [3.63, 3.8) is 0 Å². The minimum atomic E-state index is 0.372. The number of hydrogen-bond acceptors (Lipinski definition) is 1. The Balaban J connectivity index is 1.47. The second-order valence-corrected chi connectivity index (χ2v) is 12.1. The van der Waals surface area contributed by atoms with E-state index in [-0.39, 0.29) is 0 Å². The molecule has 3 aliphatic rings. The molecule has 2 heterocycles. The molecule has 2 nitrogen and oxygen atoms in total. The van der Waals surface area contributed by atoms with Gasteiger partial charge in [0.2, 0.25) is 0 Å². The summed E-state index contributed by atoms with van der Waals surface area (Å²) in [6.45, 7) is 8.64. The number of rotatable bonds is 4. The smallest absolute Gasteiger partial charge is 0.0542 e. The highest BCUT2D eigenvalue weighted by Crippen LogP contribution is 2.47. The van der Waals surface area contributed by atoms with E-state index in [9.17, 15) is 0 Å². The lowest BCUT2D eigenvalue weighted by Crippen LogP contribution is -2.23. The molecule has 2 aliphatic carbocycles. The van der Waals surface area contributed by atoms with Crippen molar-refractivity contribution in [1.82, 2.24) is 4.57 Å². The van der Waals surface area contributed by atoms with Crippen molar-refractivity contribution in [2.45, 2.75) is 33.1 Å². The summed E-state index contributed by atoms with van der Waals surface area (Å²) < 4.78 is 2.55. The highest BCUT2D eigenvalue weighted by molar-refractivity contribution is 6.12. The van der Waals surface area contributed by atoms with Crippen molar-refractivity contribution in [2.24, 2.45) is 5.92 Å². The van der Waals surface area contributed by atoms with Gasteiger partial charge in [-0.3, -0.25) is 0 Å². The van der Waals surface area contributed by atoms with Crippen molar-refractivity contribution in [2.75, 3.05) is 4.90 Å². The molecule has 0 radical (unpaired) electrons. The van der Waals surface area contributed by atoms with Crippen molar-refractivity contribution >= 4 is 49.7 Å². The zero-order chi connectivity index (χ0) is 29.8.